The third-order valence-electron chi connectivity index (χ3n) is 3.87. The third-order valence-corrected chi connectivity index (χ3v) is 4.11. The highest BCUT2D eigenvalue weighted by atomic mass is 35.5. The van der Waals surface area contributed by atoms with Crippen molar-refractivity contribution in [3.05, 3.63) is 41.4 Å². The van der Waals surface area contributed by atoms with Crippen LogP contribution in [0.2, 0.25) is 5.02 Å². The van der Waals surface area contributed by atoms with E-state index in [1.165, 1.54) is 26.7 Å². The molecule has 0 bridgehead atoms. The lowest BCUT2D eigenvalue weighted by molar-refractivity contribution is -0.858. The van der Waals surface area contributed by atoms with E-state index in [2.05, 4.69) is 36.9 Å². The number of nitrogens with one attached hydrogen (secondary N) is 1. The number of likely N-dealkylation sites (N-methyl/N-ethyl adjacent to an activating group) is 1. The minimum atomic E-state index is 0. The molecule has 0 unspecified atom stereocenters. The van der Waals surface area contributed by atoms with E-state index < -0.39 is 0 Å². The van der Waals surface area contributed by atoms with Crippen LogP contribution in [0, 0.1) is 0 Å². The van der Waals surface area contributed by atoms with Crippen LogP contribution in [0.3, 0.4) is 0 Å². The van der Waals surface area contributed by atoms with Gasteiger partial charge in [-0.05, 0) is 24.3 Å². The monoisotopic (exact) mass is 338 g/mol. The van der Waals surface area contributed by atoms with Gasteiger partial charge in [0.15, 0.2) is 0 Å². The fraction of sp³-hybridized carbons (Fsp3) is 0.294. The van der Waals surface area contributed by atoms with E-state index >= 15 is 0 Å². The van der Waals surface area contributed by atoms with Crippen molar-refractivity contribution in [1.82, 2.24) is 4.57 Å². The summed E-state index contributed by atoms with van der Waals surface area (Å²) in [5.41, 5.74) is 2.39. The van der Waals surface area contributed by atoms with Crippen LogP contribution in [-0.2, 0) is 6.54 Å². The van der Waals surface area contributed by atoms with Crippen LogP contribution in [0.1, 0.15) is 0 Å². The normalized spacial score (nSPS) is 11.1. The van der Waals surface area contributed by atoms with Crippen LogP contribution in [0.15, 0.2) is 36.4 Å². The molecular weight excluding hydrogens is 319 g/mol. The second-order valence-electron chi connectivity index (χ2n) is 5.65. The predicted octanol–water partition coefficient (Wildman–Crippen LogP) is -0.395. The molecule has 0 aliphatic carbocycles. The lowest BCUT2D eigenvalue weighted by Gasteiger charge is -2.11. The Morgan fingerprint density at radius 1 is 1.05 bits per heavy atom. The summed E-state index contributed by atoms with van der Waals surface area (Å²) in [4.78, 5) is 1.43. The van der Waals surface area contributed by atoms with E-state index in [1.54, 1.807) is 7.11 Å². The van der Waals surface area contributed by atoms with Crippen LogP contribution in [0.4, 0.5) is 0 Å². The van der Waals surface area contributed by atoms with E-state index in [0.717, 1.165) is 23.9 Å². The fourth-order valence-corrected chi connectivity index (χ4v) is 2.92. The van der Waals surface area contributed by atoms with Crippen molar-refractivity contribution >= 4 is 33.4 Å². The molecule has 118 valence electrons. The van der Waals surface area contributed by atoms with Gasteiger partial charge in [0.2, 0.25) is 0 Å². The molecule has 5 heteroatoms. The zero-order valence-corrected chi connectivity index (χ0v) is 14.5. The highest BCUT2D eigenvalue weighted by Gasteiger charge is 2.12. The molecule has 0 saturated carbocycles. The van der Waals surface area contributed by atoms with Gasteiger partial charge in [0.05, 0.1) is 45.3 Å². The first-order valence-corrected chi connectivity index (χ1v) is 7.52. The molecule has 0 atom stereocenters. The van der Waals surface area contributed by atoms with Crippen molar-refractivity contribution in [2.45, 2.75) is 6.54 Å². The zero-order valence-electron chi connectivity index (χ0n) is 13.0. The lowest BCUT2D eigenvalue weighted by Crippen LogP contribution is -3.06. The third kappa shape index (κ3) is 3.02. The molecule has 0 saturated heterocycles. The van der Waals surface area contributed by atoms with E-state index in [9.17, 15) is 0 Å². The van der Waals surface area contributed by atoms with E-state index in [0.29, 0.717) is 0 Å². The van der Waals surface area contributed by atoms with E-state index in [1.807, 2.05) is 18.2 Å². The second-order valence-corrected chi connectivity index (χ2v) is 6.09. The van der Waals surface area contributed by atoms with Crippen LogP contribution in [-0.4, -0.2) is 32.3 Å². The molecule has 0 aliphatic rings. The quantitative estimate of drug-likeness (QED) is 0.686. The first kappa shape index (κ1) is 16.9. The number of nitrogens with zero attached hydrogens (tertiary/aromatic N) is 1. The summed E-state index contributed by atoms with van der Waals surface area (Å²) in [6, 6.07) is 12.4. The second kappa shape index (κ2) is 6.78. The number of benzene rings is 2. The Bertz CT molecular complexity index is 796. The number of methoxy groups -OCH3 is 1. The van der Waals surface area contributed by atoms with Crippen molar-refractivity contribution in [2.75, 3.05) is 27.7 Å². The van der Waals surface area contributed by atoms with Crippen molar-refractivity contribution in [2.24, 2.45) is 0 Å². The summed E-state index contributed by atoms with van der Waals surface area (Å²) in [6.45, 7) is 2.01. The Labute approximate surface area is 141 Å². The average Bonchev–Trinajstić information content (AvgIpc) is 2.77. The van der Waals surface area contributed by atoms with Gasteiger partial charge in [0, 0.05) is 21.9 Å². The molecule has 1 aromatic heterocycles. The number of ether oxygens (including phenoxy) is 1. The van der Waals surface area contributed by atoms with Crippen LogP contribution < -0.4 is 22.0 Å². The van der Waals surface area contributed by atoms with E-state index in [-0.39, 0.29) is 12.4 Å². The van der Waals surface area contributed by atoms with Gasteiger partial charge in [0.1, 0.15) is 5.75 Å². The minimum Gasteiger partial charge on any atom is -1.00 e. The molecule has 2 aromatic carbocycles. The molecule has 1 heterocycles. The number of halogens is 2. The highest BCUT2D eigenvalue weighted by Crippen LogP contribution is 2.32. The van der Waals surface area contributed by atoms with Gasteiger partial charge in [-0.3, -0.25) is 0 Å². The largest absolute Gasteiger partial charge is 1.00 e. The molecule has 0 aliphatic heterocycles. The number of fused-ring (bicyclic) bond motifs is 3. The van der Waals surface area contributed by atoms with Gasteiger partial charge < -0.3 is 26.6 Å². The zero-order chi connectivity index (χ0) is 15.0. The summed E-state index contributed by atoms with van der Waals surface area (Å²) in [5, 5.41) is 3.26. The molecule has 3 nitrogen and oxygen atoms in total. The van der Waals surface area contributed by atoms with Gasteiger partial charge in [-0.15, -0.1) is 0 Å². The molecule has 22 heavy (non-hydrogen) atoms. The van der Waals surface area contributed by atoms with E-state index in [4.69, 9.17) is 16.3 Å². The standard InChI is InChI=1S/C17H19ClN2O.ClH/c1-19(2)8-9-20-16-10-12(18)4-6-14(16)15-7-5-13(21-3)11-17(15)20;/h4-7,10-11H,8-9H2,1-3H3;1H. The predicted molar refractivity (Wildman–Crippen MR) is 88.7 cm³/mol. The number of rotatable bonds is 4. The topological polar surface area (TPSA) is 18.6 Å². The van der Waals surface area contributed by atoms with Gasteiger partial charge in [-0.25, -0.2) is 0 Å². The molecule has 0 spiro atoms. The van der Waals surface area contributed by atoms with Gasteiger partial charge in [0.25, 0.3) is 0 Å². The number of aromatic nitrogens is 1. The minimum absolute atomic E-state index is 0. The first-order chi connectivity index (χ1) is 10.1. The van der Waals surface area contributed by atoms with Crippen LogP contribution in [0.5, 0.6) is 5.75 Å². The Balaban J connectivity index is 0.00000176. The average molecular weight is 339 g/mol. The maximum atomic E-state index is 6.20. The molecular formula is C17H20Cl2N2O. The Kier molecular flexibility index (Phi) is 5.22. The molecule has 0 fully saturated rings. The fourth-order valence-electron chi connectivity index (χ4n) is 2.75. The highest BCUT2D eigenvalue weighted by molar-refractivity contribution is 6.31. The Hall–Kier alpha value is -1.42. The van der Waals surface area contributed by atoms with Gasteiger partial charge in [-0.1, -0.05) is 17.7 Å². The molecule has 0 amide bonds. The van der Waals surface area contributed by atoms with Crippen molar-refractivity contribution in [3.63, 3.8) is 0 Å². The first-order valence-electron chi connectivity index (χ1n) is 7.14. The molecule has 1 N–H and O–H groups in total. The van der Waals surface area contributed by atoms with Crippen molar-refractivity contribution < 1.29 is 22.0 Å². The summed E-state index contributed by atoms with van der Waals surface area (Å²) in [7, 11) is 6.04. The maximum Gasteiger partial charge on any atom is 0.120 e. The number of quaternary nitrogens is 1. The SMILES string of the molecule is COc1ccc2c3ccc(Cl)cc3n(CC[NH+](C)C)c2c1.[Cl-]. The Morgan fingerprint density at radius 2 is 1.68 bits per heavy atom. The smallest absolute Gasteiger partial charge is 0.120 e. The summed E-state index contributed by atoms with van der Waals surface area (Å²) in [5.74, 6) is 0.884. The van der Waals surface area contributed by atoms with Crippen LogP contribution >= 0.6 is 11.6 Å². The Morgan fingerprint density at radius 3 is 2.32 bits per heavy atom. The number of hydrogen-bond donors (Lipinski definition) is 1. The summed E-state index contributed by atoms with van der Waals surface area (Å²) < 4.78 is 7.72. The van der Waals surface area contributed by atoms with Crippen molar-refractivity contribution in [3.8, 4) is 5.75 Å². The van der Waals surface area contributed by atoms with Crippen LogP contribution in [0.25, 0.3) is 21.8 Å². The molecule has 3 rings (SSSR count). The molecule has 3 aromatic rings. The van der Waals surface area contributed by atoms with Gasteiger partial charge >= 0.3 is 0 Å². The summed E-state index contributed by atoms with van der Waals surface area (Å²) in [6.07, 6.45) is 0. The molecule has 0 radical (unpaired) electrons. The lowest BCUT2D eigenvalue weighted by atomic mass is 10.1. The van der Waals surface area contributed by atoms with Gasteiger partial charge in [-0.2, -0.15) is 0 Å². The number of hydrogen-bond acceptors (Lipinski definition) is 1. The van der Waals surface area contributed by atoms with Crippen molar-refractivity contribution in [1.29, 1.82) is 0 Å². The summed E-state index contributed by atoms with van der Waals surface area (Å²) >= 11 is 6.20. The maximum absolute atomic E-state index is 6.20.